The van der Waals surface area contributed by atoms with E-state index in [0.717, 1.165) is 33.3 Å². The molecule has 4 heteroatoms. The Hall–Kier alpha value is -3.79. The minimum Gasteiger partial charge on any atom is -0.439 e. The van der Waals surface area contributed by atoms with Crippen LogP contribution in [0.15, 0.2) is 82.0 Å². The number of benzene rings is 3. The summed E-state index contributed by atoms with van der Waals surface area (Å²) < 4.78 is 8.14. The van der Waals surface area contributed by atoms with Crippen molar-refractivity contribution in [2.75, 3.05) is 5.32 Å². The lowest BCUT2D eigenvalue weighted by Crippen LogP contribution is -2.17. The summed E-state index contributed by atoms with van der Waals surface area (Å²) in [4.78, 5) is 13.6. The molecule has 5 rings (SSSR count). The number of aryl methyl sites for hydroxylation is 2. The van der Waals surface area contributed by atoms with E-state index < -0.39 is 0 Å². The van der Waals surface area contributed by atoms with Gasteiger partial charge in [-0.15, -0.1) is 0 Å². The van der Waals surface area contributed by atoms with Gasteiger partial charge in [0.25, 0.3) is 5.56 Å². The molecule has 0 aliphatic heterocycles. The lowest BCUT2D eigenvalue weighted by molar-refractivity contribution is 0.590. The van der Waals surface area contributed by atoms with Crippen LogP contribution in [0.1, 0.15) is 31.9 Å². The van der Waals surface area contributed by atoms with E-state index in [4.69, 9.17) is 4.42 Å². The second kappa shape index (κ2) is 7.66. The number of nitrogens with zero attached hydrogens (tertiary/aromatic N) is 1. The molecule has 0 saturated carbocycles. The maximum absolute atomic E-state index is 13.6. The molecule has 0 radical (unpaired) electrons. The Morgan fingerprint density at radius 2 is 1.55 bits per heavy atom. The van der Waals surface area contributed by atoms with E-state index in [0.29, 0.717) is 16.9 Å². The van der Waals surface area contributed by atoms with Crippen LogP contribution in [0.3, 0.4) is 0 Å². The SMILES string of the molecule is Cc1ccccc1Nc1oc2c(c1-c1ccc(C(C)(C)C)cc1)c(=O)n(C)c1ccccc21. The van der Waals surface area contributed by atoms with Crippen molar-refractivity contribution in [1.82, 2.24) is 4.57 Å². The molecule has 166 valence electrons. The van der Waals surface area contributed by atoms with Gasteiger partial charge in [0.2, 0.25) is 5.88 Å². The summed E-state index contributed by atoms with van der Waals surface area (Å²) in [5, 5.41) is 4.98. The molecule has 2 heterocycles. The monoisotopic (exact) mass is 436 g/mol. The Bertz CT molecular complexity index is 1550. The molecule has 0 aliphatic rings. The molecular weight excluding hydrogens is 408 g/mol. The summed E-state index contributed by atoms with van der Waals surface area (Å²) in [5.41, 5.74) is 6.47. The number of hydrogen-bond acceptors (Lipinski definition) is 3. The number of rotatable bonds is 3. The first-order valence-corrected chi connectivity index (χ1v) is 11.2. The van der Waals surface area contributed by atoms with Crippen LogP contribution >= 0.6 is 0 Å². The maximum Gasteiger partial charge on any atom is 0.262 e. The van der Waals surface area contributed by atoms with Gasteiger partial charge in [0, 0.05) is 18.1 Å². The zero-order valence-electron chi connectivity index (χ0n) is 19.7. The first kappa shape index (κ1) is 21.1. The average Bonchev–Trinajstić information content (AvgIpc) is 3.18. The van der Waals surface area contributed by atoms with E-state index in [-0.39, 0.29) is 11.0 Å². The van der Waals surface area contributed by atoms with Crippen LogP contribution in [0.5, 0.6) is 0 Å². The molecule has 0 aliphatic carbocycles. The number of anilines is 2. The van der Waals surface area contributed by atoms with Crippen LogP contribution in [-0.2, 0) is 12.5 Å². The molecule has 3 aromatic carbocycles. The third kappa shape index (κ3) is 3.52. The van der Waals surface area contributed by atoms with Gasteiger partial charge in [-0.1, -0.05) is 75.4 Å². The molecule has 5 aromatic rings. The summed E-state index contributed by atoms with van der Waals surface area (Å²) in [6.07, 6.45) is 0. The number of hydrogen-bond donors (Lipinski definition) is 1. The average molecular weight is 437 g/mol. The van der Waals surface area contributed by atoms with Crippen molar-refractivity contribution in [1.29, 1.82) is 0 Å². The molecule has 0 fully saturated rings. The van der Waals surface area contributed by atoms with Gasteiger partial charge in [0.15, 0.2) is 5.58 Å². The highest BCUT2D eigenvalue weighted by atomic mass is 16.4. The summed E-state index contributed by atoms with van der Waals surface area (Å²) in [5.74, 6) is 0.580. The summed E-state index contributed by atoms with van der Waals surface area (Å²) in [6.45, 7) is 8.64. The third-order valence-corrected chi connectivity index (χ3v) is 6.37. The van der Waals surface area contributed by atoms with E-state index in [1.54, 1.807) is 4.57 Å². The van der Waals surface area contributed by atoms with Gasteiger partial charge >= 0.3 is 0 Å². The minimum atomic E-state index is -0.0693. The lowest BCUT2D eigenvalue weighted by atomic mass is 9.86. The van der Waals surface area contributed by atoms with Gasteiger partial charge in [0.1, 0.15) is 0 Å². The van der Waals surface area contributed by atoms with Crippen molar-refractivity contribution in [2.24, 2.45) is 7.05 Å². The number of pyridine rings is 1. The Kier molecular flexibility index (Phi) is 4.89. The van der Waals surface area contributed by atoms with Crippen molar-refractivity contribution < 1.29 is 4.42 Å². The van der Waals surface area contributed by atoms with Crippen LogP contribution in [0, 0.1) is 6.92 Å². The molecule has 33 heavy (non-hydrogen) atoms. The van der Waals surface area contributed by atoms with Gasteiger partial charge in [0.05, 0.1) is 16.5 Å². The zero-order chi connectivity index (χ0) is 23.3. The Morgan fingerprint density at radius 1 is 0.879 bits per heavy atom. The standard InChI is InChI=1S/C29H28N2O2/c1-18-10-6-8-12-22(18)30-27-24(19-14-16-20(17-15-19)29(2,3)4)25-26(33-27)21-11-7-9-13-23(21)31(5)28(25)32/h6-17,30H,1-5H3. The third-order valence-electron chi connectivity index (χ3n) is 6.37. The predicted octanol–water partition coefficient (Wildman–Crippen LogP) is 7.30. The second-order valence-electron chi connectivity index (χ2n) is 9.66. The minimum absolute atomic E-state index is 0.0472. The van der Waals surface area contributed by atoms with E-state index in [2.05, 4.69) is 63.3 Å². The van der Waals surface area contributed by atoms with Crippen molar-refractivity contribution in [3.8, 4) is 11.1 Å². The van der Waals surface area contributed by atoms with Crippen molar-refractivity contribution in [2.45, 2.75) is 33.1 Å². The maximum atomic E-state index is 13.6. The first-order valence-electron chi connectivity index (χ1n) is 11.2. The quantitative estimate of drug-likeness (QED) is 0.323. The normalized spacial score (nSPS) is 11.9. The number of aromatic nitrogens is 1. The number of furan rings is 1. The molecule has 0 saturated heterocycles. The fourth-order valence-electron chi connectivity index (χ4n) is 4.40. The van der Waals surface area contributed by atoms with Crippen molar-refractivity contribution >= 4 is 33.4 Å². The lowest BCUT2D eigenvalue weighted by Gasteiger charge is -2.19. The van der Waals surface area contributed by atoms with Gasteiger partial charge in [-0.25, -0.2) is 0 Å². The fraction of sp³-hybridized carbons (Fsp3) is 0.207. The summed E-state index contributed by atoms with van der Waals surface area (Å²) in [7, 11) is 1.82. The zero-order valence-corrected chi connectivity index (χ0v) is 19.7. The smallest absolute Gasteiger partial charge is 0.262 e. The van der Waals surface area contributed by atoms with Crippen LogP contribution in [0.2, 0.25) is 0 Å². The molecule has 4 nitrogen and oxygen atoms in total. The van der Waals surface area contributed by atoms with E-state index in [1.807, 2.05) is 49.5 Å². The highest BCUT2D eigenvalue weighted by Gasteiger charge is 2.23. The van der Waals surface area contributed by atoms with Crippen molar-refractivity contribution in [3.05, 3.63) is 94.3 Å². The molecule has 0 spiro atoms. The Balaban J connectivity index is 1.83. The van der Waals surface area contributed by atoms with Crippen LogP contribution < -0.4 is 10.9 Å². The highest BCUT2D eigenvalue weighted by Crippen LogP contribution is 2.41. The van der Waals surface area contributed by atoms with Crippen molar-refractivity contribution in [3.63, 3.8) is 0 Å². The molecular formula is C29H28N2O2. The molecule has 1 N–H and O–H groups in total. The molecule has 2 aromatic heterocycles. The van der Waals surface area contributed by atoms with Gasteiger partial charge in [-0.05, 0) is 47.2 Å². The van der Waals surface area contributed by atoms with Crippen LogP contribution in [-0.4, -0.2) is 4.57 Å². The topological polar surface area (TPSA) is 47.2 Å². The van der Waals surface area contributed by atoms with Gasteiger partial charge in [-0.3, -0.25) is 4.79 Å². The van der Waals surface area contributed by atoms with Gasteiger partial charge in [-0.2, -0.15) is 0 Å². The van der Waals surface area contributed by atoms with E-state index in [9.17, 15) is 4.79 Å². The fourth-order valence-corrected chi connectivity index (χ4v) is 4.40. The first-order chi connectivity index (χ1) is 15.8. The Labute approximate surface area is 193 Å². The molecule has 0 bridgehead atoms. The number of para-hydroxylation sites is 2. The van der Waals surface area contributed by atoms with Crippen LogP contribution in [0.25, 0.3) is 33.0 Å². The number of nitrogens with one attached hydrogen (secondary N) is 1. The second-order valence-corrected chi connectivity index (χ2v) is 9.66. The van der Waals surface area contributed by atoms with E-state index >= 15 is 0 Å². The Morgan fingerprint density at radius 3 is 2.24 bits per heavy atom. The van der Waals surface area contributed by atoms with E-state index in [1.165, 1.54) is 5.56 Å². The predicted molar refractivity (Wildman–Crippen MR) is 138 cm³/mol. The molecule has 0 atom stereocenters. The van der Waals surface area contributed by atoms with Gasteiger partial charge < -0.3 is 14.3 Å². The van der Waals surface area contributed by atoms with Crippen LogP contribution in [0.4, 0.5) is 11.6 Å². The molecule has 0 amide bonds. The summed E-state index contributed by atoms with van der Waals surface area (Å²) >= 11 is 0. The molecule has 0 unspecified atom stereocenters. The largest absolute Gasteiger partial charge is 0.439 e. The summed E-state index contributed by atoms with van der Waals surface area (Å²) in [6, 6.07) is 24.4. The highest BCUT2D eigenvalue weighted by molar-refractivity contribution is 6.11. The number of fused-ring (bicyclic) bond motifs is 3.